The monoisotopic (exact) mass is 399 g/mol. The lowest BCUT2D eigenvalue weighted by atomic mass is 9.75. The lowest BCUT2D eigenvalue weighted by Crippen LogP contribution is -2.55. The van der Waals surface area contributed by atoms with E-state index >= 15 is 0 Å². The maximum atomic E-state index is 13.0. The summed E-state index contributed by atoms with van der Waals surface area (Å²) in [6, 6.07) is 9.95. The molecule has 0 radical (unpaired) electrons. The molecule has 7 nitrogen and oxygen atoms in total. The number of carbonyl (C=O) groups excluding carboxylic acids is 2. The standard InChI is InChI=1S/C22H29N3O4/c1-4-23-21(27)22(10-5-11-25(15-22)20(26)14-28-3)13-18-12-19(24-29-18)17-8-6-16(2)7-9-17/h6-9,12H,4-5,10-11,13-15H2,1-3H3,(H,23,27). The van der Waals surface area contributed by atoms with E-state index in [1.807, 2.05) is 44.2 Å². The second-order valence-electron chi connectivity index (χ2n) is 7.71. The van der Waals surface area contributed by atoms with Gasteiger partial charge in [-0.15, -0.1) is 0 Å². The van der Waals surface area contributed by atoms with E-state index in [9.17, 15) is 9.59 Å². The third kappa shape index (κ3) is 4.85. The highest BCUT2D eigenvalue weighted by molar-refractivity contribution is 5.85. The minimum Gasteiger partial charge on any atom is -0.375 e. The van der Waals surface area contributed by atoms with Crippen molar-refractivity contribution < 1.29 is 18.8 Å². The van der Waals surface area contributed by atoms with Gasteiger partial charge in [-0.25, -0.2) is 0 Å². The molecule has 1 atom stereocenters. The van der Waals surface area contributed by atoms with Crippen LogP contribution in [0.15, 0.2) is 34.9 Å². The Morgan fingerprint density at radius 2 is 2.07 bits per heavy atom. The fraction of sp³-hybridized carbons (Fsp3) is 0.500. The molecule has 1 N–H and O–H groups in total. The molecule has 1 aliphatic heterocycles. The van der Waals surface area contributed by atoms with Gasteiger partial charge in [0.1, 0.15) is 18.1 Å². The highest BCUT2D eigenvalue weighted by Crippen LogP contribution is 2.35. The Bertz CT molecular complexity index is 846. The van der Waals surface area contributed by atoms with Gasteiger partial charge in [0.25, 0.3) is 0 Å². The minimum atomic E-state index is -0.734. The van der Waals surface area contributed by atoms with Crippen LogP contribution >= 0.6 is 0 Å². The molecule has 1 aromatic heterocycles. The second kappa shape index (κ2) is 9.22. The van der Waals surface area contributed by atoms with E-state index < -0.39 is 5.41 Å². The summed E-state index contributed by atoms with van der Waals surface area (Å²) < 4.78 is 10.6. The van der Waals surface area contributed by atoms with E-state index in [2.05, 4.69) is 10.5 Å². The number of hydrogen-bond acceptors (Lipinski definition) is 5. The molecule has 1 aromatic carbocycles. The second-order valence-corrected chi connectivity index (χ2v) is 7.71. The van der Waals surface area contributed by atoms with E-state index in [4.69, 9.17) is 9.26 Å². The molecule has 1 saturated heterocycles. The average Bonchev–Trinajstić information content (AvgIpc) is 3.17. The number of methoxy groups -OCH3 is 1. The summed E-state index contributed by atoms with van der Waals surface area (Å²) in [5.41, 5.74) is 2.16. The van der Waals surface area contributed by atoms with Gasteiger partial charge in [0, 0.05) is 44.8 Å². The van der Waals surface area contributed by atoms with Crippen LogP contribution in [-0.2, 0) is 20.7 Å². The first kappa shape index (κ1) is 21.0. The summed E-state index contributed by atoms with van der Waals surface area (Å²) in [6.07, 6.45) is 1.84. The number of hydrogen-bond donors (Lipinski definition) is 1. The van der Waals surface area contributed by atoms with Crippen molar-refractivity contribution in [2.75, 3.05) is 33.4 Å². The molecule has 0 aliphatic carbocycles. The fourth-order valence-corrected chi connectivity index (χ4v) is 3.91. The van der Waals surface area contributed by atoms with Crippen LogP contribution in [0.4, 0.5) is 0 Å². The normalized spacial score (nSPS) is 19.2. The largest absolute Gasteiger partial charge is 0.375 e. The van der Waals surface area contributed by atoms with Gasteiger partial charge in [0.2, 0.25) is 11.8 Å². The highest BCUT2D eigenvalue weighted by atomic mass is 16.5. The topological polar surface area (TPSA) is 84.7 Å². The van der Waals surface area contributed by atoms with Crippen molar-refractivity contribution in [1.82, 2.24) is 15.4 Å². The molecule has 1 fully saturated rings. The Balaban J connectivity index is 1.83. The van der Waals surface area contributed by atoms with Crippen molar-refractivity contribution in [3.8, 4) is 11.3 Å². The average molecular weight is 399 g/mol. The van der Waals surface area contributed by atoms with Crippen LogP contribution in [0.25, 0.3) is 11.3 Å². The zero-order valence-corrected chi connectivity index (χ0v) is 17.4. The van der Waals surface area contributed by atoms with Crippen LogP contribution in [-0.4, -0.2) is 55.2 Å². The number of nitrogens with one attached hydrogen (secondary N) is 1. The van der Waals surface area contributed by atoms with E-state index in [0.29, 0.717) is 38.2 Å². The van der Waals surface area contributed by atoms with Crippen LogP contribution in [0.3, 0.4) is 0 Å². The van der Waals surface area contributed by atoms with Gasteiger partial charge >= 0.3 is 0 Å². The predicted octanol–water partition coefficient (Wildman–Crippen LogP) is 2.58. The van der Waals surface area contributed by atoms with Crippen molar-refractivity contribution in [2.45, 2.75) is 33.1 Å². The SMILES string of the molecule is CCNC(=O)C1(Cc2cc(-c3ccc(C)cc3)no2)CCCN(C(=O)COC)C1. The number of amides is 2. The maximum absolute atomic E-state index is 13.0. The molecule has 0 spiro atoms. The molecule has 3 rings (SSSR count). The molecular formula is C22H29N3O4. The Morgan fingerprint density at radius 3 is 2.76 bits per heavy atom. The quantitative estimate of drug-likeness (QED) is 0.774. The number of ether oxygens (including phenoxy) is 1. The number of carbonyl (C=O) groups is 2. The van der Waals surface area contributed by atoms with Crippen molar-refractivity contribution in [3.63, 3.8) is 0 Å². The molecule has 0 bridgehead atoms. The van der Waals surface area contributed by atoms with Gasteiger partial charge in [-0.2, -0.15) is 0 Å². The number of aromatic nitrogens is 1. The Hall–Kier alpha value is -2.67. The summed E-state index contributed by atoms with van der Waals surface area (Å²) in [5.74, 6) is 0.495. The van der Waals surface area contributed by atoms with Gasteiger partial charge in [-0.3, -0.25) is 9.59 Å². The van der Waals surface area contributed by atoms with Gasteiger partial charge in [-0.05, 0) is 26.7 Å². The Morgan fingerprint density at radius 1 is 1.31 bits per heavy atom. The molecule has 29 heavy (non-hydrogen) atoms. The van der Waals surface area contributed by atoms with Crippen LogP contribution < -0.4 is 5.32 Å². The van der Waals surface area contributed by atoms with Crippen LogP contribution in [0, 0.1) is 12.3 Å². The molecule has 7 heteroatoms. The Kier molecular flexibility index (Phi) is 6.69. The lowest BCUT2D eigenvalue weighted by molar-refractivity contribution is -0.144. The summed E-state index contributed by atoms with van der Waals surface area (Å²) >= 11 is 0. The van der Waals surface area contributed by atoms with E-state index in [1.165, 1.54) is 12.7 Å². The molecule has 0 saturated carbocycles. The number of aryl methyl sites for hydroxylation is 1. The van der Waals surface area contributed by atoms with Gasteiger partial charge in [0.05, 0.1) is 5.41 Å². The van der Waals surface area contributed by atoms with Gasteiger partial charge in [0.15, 0.2) is 0 Å². The zero-order valence-electron chi connectivity index (χ0n) is 17.4. The lowest BCUT2D eigenvalue weighted by Gasteiger charge is -2.41. The van der Waals surface area contributed by atoms with Crippen LogP contribution in [0.1, 0.15) is 31.1 Å². The molecule has 156 valence electrons. The predicted molar refractivity (Wildman–Crippen MR) is 109 cm³/mol. The fourth-order valence-electron chi connectivity index (χ4n) is 3.91. The van der Waals surface area contributed by atoms with Gasteiger partial charge in [-0.1, -0.05) is 35.0 Å². The van der Waals surface area contributed by atoms with Crippen molar-refractivity contribution in [1.29, 1.82) is 0 Å². The first-order valence-electron chi connectivity index (χ1n) is 10.0. The smallest absolute Gasteiger partial charge is 0.248 e. The summed E-state index contributed by atoms with van der Waals surface area (Å²) in [6.45, 7) is 5.47. The first-order chi connectivity index (χ1) is 14.0. The van der Waals surface area contributed by atoms with Crippen molar-refractivity contribution in [2.24, 2.45) is 5.41 Å². The number of piperidine rings is 1. The zero-order chi connectivity index (χ0) is 20.9. The molecule has 1 unspecified atom stereocenters. The van der Waals surface area contributed by atoms with Gasteiger partial charge < -0.3 is 19.5 Å². The first-order valence-corrected chi connectivity index (χ1v) is 10.0. The summed E-state index contributed by atoms with van der Waals surface area (Å²) in [5, 5.41) is 7.14. The van der Waals surface area contributed by atoms with Crippen molar-refractivity contribution >= 4 is 11.8 Å². The molecule has 2 amide bonds. The summed E-state index contributed by atoms with van der Waals surface area (Å²) in [4.78, 5) is 27.1. The molecular weight excluding hydrogens is 370 g/mol. The van der Waals surface area contributed by atoms with E-state index in [0.717, 1.165) is 17.7 Å². The van der Waals surface area contributed by atoms with E-state index in [-0.39, 0.29) is 18.4 Å². The number of benzene rings is 1. The molecule has 2 heterocycles. The third-order valence-electron chi connectivity index (χ3n) is 5.44. The van der Waals surface area contributed by atoms with Crippen LogP contribution in [0.5, 0.6) is 0 Å². The maximum Gasteiger partial charge on any atom is 0.248 e. The molecule has 1 aliphatic rings. The molecule has 2 aromatic rings. The number of likely N-dealkylation sites (tertiary alicyclic amines) is 1. The Labute approximate surface area is 171 Å². The van der Waals surface area contributed by atoms with Crippen molar-refractivity contribution in [3.05, 3.63) is 41.7 Å². The summed E-state index contributed by atoms with van der Waals surface area (Å²) in [7, 11) is 1.50. The third-order valence-corrected chi connectivity index (χ3v) is 5.44. The van der Waals surface area contributed by atoms with E-state index in [1.54, 1.807) is 4.90 Å². The number of rotatable bonds is 7. The number of nitrogens with zero attached hydrogens (tertiary/aromatic N) is 2. The van der Waals surface area contributed by atoms with Crippen LogP contribution in [0.2, 0.25) is 0 Å². The highest BCUT2D eigenvalue weighted by Gasteiger charge is 2.44. The minimum absolute atomic E-state index is 0.0192.